The van der Waals surface area contributed by atoms with Gasteiger partial charge in [0.2, 0.25) is 10.8 Å². The SMILES string of the molecule is CCc1nc2sc(C(c3ccc(C)o3)N(CC)CCO)c(O)n2n1. The third-order valence-corrected chi connectivity index (χ3v) is 5.07. The minimum atomic E-state index is -0.283. The summed E-state index contributed by atoms with van der Waals surface area (Å²) in [6.45, 7) is 7.10. The number of likely N-dealkylation sites (N-methyl/N-ethyl adjacent to an activating group) is 1. The summed E-state index contributed by atoms with van der Waals surface area (Å²) in [5, 5.41) is 24.4. The number of thiazole rings is 1. The van der Waals surface area contributed by atoms with Crippen molar-refractivity contribution in [3.63, 3.8) is 0 Å². The van der Waals surface area contributed by atoms with Gasteiger partial charge in [0.1, 0.15) is 17.6 Å². The van der Waals surface area contributed by atoms with E-state index in [4.69, 9.17) is 4.42 Å². The number of fused-ring (bicyclic) bond motifs is 1. The summed E-state index contributed by atoms with van der Waals surface area (Å²) in [7, 11) is 0. The third kappa shape index (κ3) is 2.92. The van der Waals surface area contributed by atoms with Gasteiger partial charge >= 0.3 is 0 Å². The number of furan rings is 1. The molecule has 24 heavy (non-hydrogen) atoms. The second-order valence-corrected chi connectivity index (χ2v) is 6.58. The van der Waals surface area contributed by atoms with Gasteiger partial charge in [-0.1, -0.05) is 25.2 Å². The van der Waals surface area contributed by atoms with Gasteiger partial charge in [0, 0.05) is 13.0 Å². The van der Waals surface area contributed by atoms with Crippen molar-refractivity contribution >= 4 is 16.3 Å². The molecule has 130 valence electrons. The second kappa shape index (κ2) is 6.92. The van der Waals surface area contributed by atoms with Crippen molar-refractivity contribution in [2.45, 2.75) is 33.2 Å². The highest BCUT2D eigenvalue weighted by molar-refractivity contribution is 7.17. The van der Waals surface area contributed by atoms with E-state index in [-0.39, 0.29) is 18.5 Å². The Morgan fingerprint density at radius 1 is 1.38 bits per heavy atom. The molecule has 0 aliphatic heterocycles. The van der Waals surface area contributed by atoms with Gasteiger partial charge in [-0.3, -0.25) is 4.90 Å². The highest BCUT2D eigenvalue weighted by Gasteiger charge is 2.30. The molecule has 0 aliphatic rings. The Labute approximate surface area is 144 Å². The summed E-state index contributed by atoms with van der Waals surface area (Å²) < 4.78 is 7.30. The molecular formula is C16H22N4O3S. The Bertz CT molecular complexity index is 823. The van der Waals surface area contributed by atoms with Crippen LogP contribution in [0.4, 0.5) is 0 Å². The standard InChI is InChI=1S/C16H22N4O3S/c1-4-12-17-16-20(18-12)15(22)14(24-16)13(19(5-2)8-9-21)11-7-6-10(3)23-11/h6-7,13,21-22H,4-5,8-9H2,1-3H3. The molecule has 0 aliphatic carbocycles. The maximum atomic E-state index is 10.7. The maximum Gasteiger partial charge on any atom is 0.230 e. The van der Waals surface area contributed by atoms with Gasteiger partial charge in [0.15, 0.2) is 5.82 Å². The van der Waals surface area contributed by atoms with Crippen LogP contribution in [-0.2, 0) is 6.42 Å². The topological polar surface area (TPSA) is 87.0 Å². The van der Waals surface area contributed by atoms with E-state index in [0.717, 1.165) is 22.8 Å². The van der Waals surface area contributed by atoms with E-state index >= 15 is 0 Å². The molecule has 0 amide bonds. The first kappa shape index (κ1) is 16.9. The smallest absolute Gasteiger partial charge is 0.230 e. The van der Waals surface area contributed by atoms with E-state index < -0.39 is 0 Å². The number of rotatable bonds is 7. The van der Waals surface area contributed by atoms with E-state index in [1.165, 1.54) is 15.9 Å². The van der Waals surface area contributed by atoms with Crippen molar-refractivity contribution in [1.29, 1.82) is 0 Å². The van der Waals surface area contributed by atoms with Crippen LogP contribution in [0.2, 0.25) is 0 Å². The van der Waals surface area contributed by atoms with Crippen LogP contribution < -0.4 is 0 Å². The molecule has 1 unspecified atom stereocenters. The largest absolute Gasteiger partial charge is 0.492 e. The van der Waals surface area contributed by atoms with Crippen molar-refractivity contribution in [1.82, 2.24) is 19.5 Å². The van der Waals surface area contributed by atoms with Crippen LogP contribution >= 0.6 is 11.3 Å². The number of aliphatic hydroxyl groups excluding tert-OH is 1. The van der Waals surface area contributed by atoms with Crippen LogP contribution in [0, 0.1) is 6.92 Å². The number of aliphatic hydroxyl groups is 1. The van der Waals surface area contributed by atoms with Crippen molar-refractivity contribution in [2.75, 3.05) is 19.7 Å². The molecule has 7 nitrogen and oxygen atoms in total. The molecule has 3 aromatic heterocycles. The highest BCUT2D eigenvalue weighted by Crippen LogP contribution is 2.40. The lowest BCUT2D eigenvalue weighted by atomic mass is 10.1. The fourth-order valence-corrected chi connectivity index (χ4v) is 3.91. The molecule has 3 heterocycles. The zero-order valence-electron chi connectivity index (χ0n) is 14.1. The van der Waals surface area contributed by atoms with E-state index in [1.54, 1.807) is 0 Å². The first-order valence-electron chi connectivity index (χ1n) is 8.07. The molecule has 0 saturated carbocycles. The van der Waals surface area contributed by atoms with Gasteiger partial charge in [0.25, 0.3) is 0 Å². The molecule has 3 aromatic rings. The lowest BCUT2D eigenvalue weighted by molar-refractivity contribution is 0.161. The minimum absolute atomic E-state index is 0.0333. The summed E-state index contributed by atoms with van der Waals surface area (Å²) in [6.07, 6.45) is 0.718. The van der Waals surface area contributed by atoms with E-state index in [2.05, 4.69) is 15.0 Å². The predicted octanol–water partition coefficient (Wildman–Crippen LogP) is 2.36. The molecule has 0 fully saturated rings. The normalized spacial score (nSPS) is 13.2. The van der Waals surface area contributed by atoms with Crippen LogP contribution in [0.1, 0.15) is 42.1 Å². The Kier molecular flexibility index (Phi) is 4.88. The van der Waals surface area contributed by atoms with Gasteiger partial charge in [-0.15, -0.1) is 5.10 Å². The average molecular weight is 350 g/mol. The monoisotopic (exact) mass is 350 g/mol. The fraction of sp³-hybridized carbons (Fsp3) is 0.500. The molecule has 0 saturated heterocycles. The van der Waals surface area contributed by atoms with Gasteiger partial charge in [-0.2, -0.15) is 4.52 Å². The van der Waals surface area contributed by atoms with Crippen LogP contribution in [0.5, 0.6) is 5.88 Å². The van der Waals surface area contributed by atoms with Gasteiger partial charge in [0.05, 0.1) is 11.5 Å². The number of aromatic nitrogens is 3. The van der Waals surface area contributed by atoms with Crippen LogP contribution in [0.15, 0.2) is 16.5 Å². The third-order valence-electron chi connectivity index (χ3n) is 4.00. The number of hydrogen-bond acceptors (Lipinski definition) is 7. The van der Waals surface area contributed by atoms with E-state index in [1.807, 2.05) is 32.9 Å². The average Bonchev–Trinajstić information content (AvgIpc) is 3.25. The number of nitrogens with zero attached hydrogens (tertiary/aromatic N) is 4. The zero-order valence-corrected chi connectivity index (χ0v) is 14.9. The van der Waals surface area contributed by atoms with Crippen LogP contribution in [0.25, 0.3) is 4.96 Å². The molecule has 1 atom stereocenters. The number of aromatic hydroxyl groups is 1. The highest BCUT2D eigenvalue weighted by atomic mass is 32.1. The molecule has 0 spiro atoms. The molecule has 8 heteroatoms. The Balaban J connectivity index is 2.10. The van der Waals surface area contributed by atoms with Crippen LogP contribution in [-0.4, -0.2) is 49.4 Å². The quantitative estimate of drug-likeness (QED) is 0.680. The molecule has 0 bridgehead atoms. The van der Waals surface area contributed by atoms with Gasteiger partial charge < -0.3 is 14.6 Å². The van der Waals surface area contributed by atoms with Crippen LogP contribution in [0.3, 0.4) is 0 Å². The van der Waals surface area contributed by atoms with Crippen molar-refractivity contribution in [2.24, 2.45) is 0 Å². The molecule has 3 rings (SSSR count). The van der Waals surface area contributed by atoms with Gasteiger partial charge in [-0.25, -0.2) is 4.98 Å². The molecule has 2 N–H and O–H groups in total. The van der Waals surface area contributed by atoms with E-state index in [0.29, 0.717) is 23.9 Å². The second-order valence-electron chi connectivity index (χ2n) is 5.57. The van der Waals surface area contributed by atoms with Crippen molar-refractivity contribution in [3.05, 3.63) is 34.4 Å². The lowest BCUT2D eigenvalue weighted by Crippen LogP contribution is -2.31. The minimum Gasteiger partial charge on any atom is -0.492 e. The summed E-state index contributed by atoms with van der Waals surface area (Å²) in [4.78, 5) is 7.88. The van der Waals surface area contributed by atoms with Crippen molar-refractivity contribution < 1.29 is 14.6 Å². The lowest BCUT2D eigenvalue weighted by Gasteiger charge is -2.27. The molecule has 0 radical (unpaired) electrons. The van der Waals surface area contributed by atoms with Crippen molar-refractivity contribution in [3.8, 4) is 5.88 Å². The first-order valence-corrected chi connectivity index (χ1v) is 8.89. The Morgan fingerprint density at radius 3 is 2.71 bits per heavy atom. The molecule has 0 aromatic carbocycles. The Hall–Kier alpha value is -1.90. The molecular weight excluding hydrogens is 328 g/mol. The summed E-state index contributed by atoms with van der Waals surface area (Å²) in [6, 6.07) is 3.53. The van der Waals surface area contributed by atoms with E-state index in [9.17, 15) is 10.2 Å². The predicted molar refractivity (Wildman–Crippen MR) is 91.5 cm³/mol. The Morgan fingerprint density at radius 2 is 2.17 bits per heavy atom. The summed E-state index contributed by atoms with van der Waals surface area (Å²) >= 11 is 1.40. The van der Waals surface area contributed by atoms with Gasteiger partial charge in [-0.05, 0) is 25.6 Å². The number of aryl methyl sites for hydroxylation is 2. The zero-order chi connectivity index (χ0) is 17.3. The number of hydrogen-bond donors (Lipinski definition) is 2. The first-order chi connectivity index (χ1) is 11.6. The maximum absolute atomic E-state index is 10.7. The summed E-state index contributed by atoms with van der Waals surface area (Å²) in [5.74, 6) is 2.33. The summed E-state index contributed by atoms with van der Waals surface area (Å²) in [5.41, 5.74) is 0. The fourth-order valence-electron chi connectivity index (χ4n) is 2.79.